The maximum absolute atomic E-state index is 10.3. The Bertz CT molecular complexity index is 374. The quantitative estimate of drug-likeness (QED) is 0.838. The smallest absolute Gasteiger partial charge is 0.0916 e. The maximum atomic E-state index is 10.3. The van der Waals surface area contributed by atoms with Crippen LogP contribution in [0.1, 0.15) is 44.3 Å². The lowest BCUT2D eigenvalue weighted by Gasteiger charge is -2.35. The van der Waals surface area contributed by atoms with Crippen LogP contribution in [0.3, 0.4) is 0 Å². The summed E-state index contributed by atoms with van der Waals surface area (Å²) in [6.07, 6.45) is 4.59. The lowest BCUT2D eigenvalue weighted by Crippen LogP contribution is -2.42. The summed E-state index contributed by atoms with van der Waals surface area (Å²) in [5.41, 5.74) is 1.01. The van der Waals surface area contributed by atoms with Gasteiger partial charge in [-0.05, 0) is 44.8 Å². The van der Waals surface area contributed by atoms with Crippen LogP contribution in [0.4, 0.5) is 0 Å². The minimum absolute atomic E-state index is 0.382. The van der Waals surface area contributed by atoms with E-state index in [1.807, 2.05) is 30.3 Å². The number of hydrogen-bond acceptors (Lipinski definition) is 3. The molecule has 0 heterocycles. The zero-order valence-corrected chi connectivity index (χ0v) is 12.8. The molecule has 0 spiro atoms. The summed E-state index contributed by atoms with van der Waals surface area (Å²) < 4.78 is 0. The first kappa shape index (κ1) is 15.5. The van der Waals surface area contributed by atoms with E-state index in [2.05, 4.69) is 24.2 Å². The highest BCUT2D eigenvalue weighted by Crippen LogP contribution is 2.24. The van der Waals surface area contributed by atoms with Crippen molar-refractivity contribution in [3.05, 3.63) is 35.9 Å². The minimum atomic E-state index is -0.382. The number of nitrogens with one attached hydrogen (secondary N) is 1. The zero-order chi connectivity index (χ0) is 14.4. The third-order valence-corrected chi connectivity index (χ3v) is 4.46. The fraction of sp³-hybridized carbons (Fsp3) is 0.647. The van der Waals surface area contributed by atoms with Gasteiger partial charge in [-0.2, -0.15) is 0 Å². The molecule has 2 N–H and O–H groups in total. The van der Waals surface area contributed by atoms with Gasteiger partial charge in [0.2, 0.25) is 0 Å². The topological polar surface area (TPSA) is 35.5 Å². The van der Waals surface area contributed by atoms with Gasteiger partial charge in [0.1, 0.15) is 0 Å². The lowest BCUT2D eigenvalue weighted by atomic mass is 9.90. The zero-order valence-electron chi connectivity index (χ0n) is 12.8. The van der Waals surface area contributed by atoms with Crippen LogP contribution in [0.2, 0.25) is 0 Å². The summed E-state index contributed by atoms with van der Waals surface area (Å²) in [6.45, 7) is 3.97. The molecule has 0 saturated heterocycles. The molecule has 1 aliphatic carbocycles. The van der Waals surface area contributed by atoms with E-state index in [4.69, 9.17) is 0 Å². The largest absolute Gasteiger partial charge is 0.387 e. The van der Waals surface area contributed by atoms with Crippen molar-refractivity contribution in [2.24, 2.45) is 0 Å². The minimum Gasteiger partial charge on any atom is -0.387 e. The Balaban J connectivity index is 1.79. The summed E-state index contributed by atoms with van der Waals surface area (Å²) in [5.74, 6) is 0. The molecule has 3 nitrogen and oxygen atoms in total. The second kappa shape index (κ2) is 7.77. The summed E-state index contributed by atoms with van der Waals surface area (Å²) >= 11 is 0. The molecule has 0 radical (unpaired) electrons. The number of aliphatic hydroxyl groups excluding tert-OH is 1. The van der Waals surface area contributed by atoms with E-state index >= 15 is 0 Å². The van der Waals surface area contributed by atoms with Crippen LogP contribution in [0.15, 0.2) is 30.3 Å². The molecule has 1 aliphatic rings. The lowest BCUT2D eigenvalue weighted by molar-refractivity contribution is 0.0874. The number of benzene rings is 1. The molecule has 0 aliphatic heterocycles. The highest BCUT2D eigenvalue weighted by Gasteiger charge is 2.24. The first-order valence-electron chi connectivity index (χ1n) is 7.87. The first-order chi connectivity index (χ1) is 9.70. The summed E-state index contributed by atoms with van der Waals surface area (Å²) in [6, 6.07) is 11.3. The third-order valence-electron chi connectivity index (χ3n) is 4.46. The van der Waals surface area contributed by atoms with Gasteiger partial charge < -0.3 is 15.3 Å². The number of nitrogens with zero attached hydrogens (tertiary/aromatic N) is 1. The Morgan fingerprint density at radius 2 is 1.85 bits per heavy atom. The molecule has 1 atom stereocenters. The fourth-order valence-electron chi connectivity index (χ4n) is 3.21. The van der Waals surface area contributed by atoms with Crippen molar-refractivity contribution in [2.45, 2.75) is 50.8 Å². The van der Waals surface area contributed by atoms with Gasteiger partial charge in [-0.25, -0.2) is 0 Å². The number of rotatable bonds is 6. The van der Waals surface area contributed by atoms with Gasteiger partial charge in [-0.3, -0.25) is 0 Å². The summed E-state index contributed by atoms with van der Waals surface area (Å²) in [4.78, 5) is 2.33. The molecular formula is C17H28N2O. The van der Waals surface area contributed by atoms with Gasteiger partial charge in [-0.15, -0.1) is 0 Å². The summed E-state index contributed by atoms with van der Waals surface area (Å²) in [5, 5.41) is 13.8. The third kappa shape index (κ3) is 4.30. The van der Waals surface area contributed by atoms with Crippen molar-refractivity contribution >= 4 is 0 Å². The Hall–Kier alpha value is -0.900. The molecule has 20 heavy (non-hydrogen) atoms. The number of likely N-dealkylation sites (N-methyl/N-ethyl adjacent to an activating group) is 1. The Morgan fingerprint density at radius 1 is 1.20 bits per heavy atom. The van der Waals surface area contributed by atoms with E-state index in [1.54, 1.807) is 0 Å². The Morgan fingerprint density at radius 3 is 2.45 bits per heavy atom. The predicted octanol–water partition coefficient (Wildman–Crippen LogP) is 2.57. The second-order valence-electron chi connectivity index (χ2n) is 5.93. The predicted molar refractivity (Wildman–Crippen MR) is 83.8 cm³/mol. The van der Waals surface area contributed by atoms with Gasteiger partial charge in [0.25, 0.3) is 0 Å². The van der Waals surface area contributed by atoms with Crippen LogP contribution in [-0.4, -0.2) is 42.2 Å². The molecule has 3 heteroatoms. The molecule has 112 valence electrons. The van der Waals surface area contributed by atoms with Crippen molar-refractivity contribution in [2.75, 3.05) is 20.1 Å². The van der Waals surface area contributed by atoms with Crippen LogP contribution in [0, 0.1) is 0 Å². The summed E-state index contributed by atoms with van der Waals surface area (Å²) in [7, 11) is 2.14. The van der Waals surface area contributed by atoms with Crippen LogP contribution >= 0.6 is 0 Å². The highest BCUT2D eigenvalue weighted by atomic mass is 16.3. The highest BCUT2D eigenvalue weighted by molar-refractivity contribution is 5.17. The van der Waals surface area contributed by atoms with Crippen molar-refractivity contribution in [1.82, 2.24) is 10.2 Å². The molecule has 2 rings (SSSR count). The Kier molecular flexibility index (Phi) is 6.02. The van der Waals surface area contributed by atoms with Crippen molar-refractivity contribution in [3.8, 4) is 0 Å². The normalized spacial score (nSPS) is 24.8. The molecule has 1 unspecified atom stereocenters. The van der Waals surface area contributed by atoms with Gasteiger partial charge in [-0.1, -0.05) is 37.3 Å². The average Bonchev–Trinajstić information content (AvgIpc) is 2.49. The second-order valence-corrected chi connectivity index (χ2v) is 5.93. The average molecular weight is 276 g/mol. The standard InChI is InChI=1S/C17H28N2O/c1-3-18-15-9-11-16(12-10-15)19(2)13-17(20)14-7-5-4-6-8-14/h4-8,15-18,20H,3,9-13H2,1-2H3. The SMILES string of the molecule is CCNC1CCC(N(C)CC(O)c2ccccc2)CC1. The van der Waals surface area contributed by atoms with E-state index in [1.165, 1.54) is 25.7 Å². The number of hydrogen-bond donors (Lipinski definition) is 2. The molecule has 1 aromatic carbocycles. The molecule has 1 fully saturated rings. The van der Waals surface area contributed by atoms with Crippen LogP contribution < -0.4 is 5.32 Å². The van der Waals surface area contributed by atoms with Gasteiger partial charge >= 0.3 is 0 Å². The van der Waals surface area contributed by atoms with E-state index in [0.717, 1.165) is 18.7 Å². The van der Waals surface area contributed by atoms with Gasteiger partial charge in [0, 0.05) is 18.6 Å². The fourth-order valence-corrected chi connectivity index (χ4v) is 3.21. The molecule has 1 aromatic rings. The molecule has 1 saturated carbocycles. The van der Waals surface area contributed by atoms with Gasteiger partial charge in [0.15, 0.2) is 0 Å². The van der Waals surface area contributed by atoms with Gasteiger partial charge in [0.05, 0.1) is 6.10 Å². The van der Waals surface area contributed by atoms with E-state index in [-0.39, 0.29) is 6.10 Å². The van der Waals surface area contributed by atoms with Crippen LogP contribution in [-0.2, 0) is 0 Å². The number of aliphatic hydroxyl groups is 1. The van der Waals surface area contributed by atoms with Crippen LogP contribution in [0.25, 0.3) is 0 Å². The van der Waals surface area contributed by atoms with Crippen molar-refractivity contribution in [1.29, 1.82) is 0 Å². The Labute approximate surface area is 123 Å². The maximum Gasteiger partial charge on any atom is 0.0916 e. The van der Waals surface area contributed by atoms with Crippen molar-refractivity contribution in [3.63, 3.8) is 0 Å². The monoisotopic (exact) mass is 276 g/mol. The van der Waals surface area contributed by atoms with Crippen LogP contribution in [0.5, 0.6) is 0 Å². The van der Waals surface area contributed by atoms with E-state index < -0.39 is 0 Å². The first-order valence-corrected chi connectivity index (χ1v) is 7.87. The van der Waals surface area contributed by atoms with E-state index in [9.17, 15) is 5.11 Å². The molecular weight excluding hydrogens is 248 g/mol. The molecule has 0 amide bonds. The molecule has 0 aromatic heterocycles. The van der Waals surface area contributed by atoms with Crippen molar-refractivity contribution < 1.29 is 5.11 Å². The molecule has 0 bridgehead atoms. The van der Waals surface area contributed by atoms with E-state index in [0.29, 0.717) is 12.1 Å².